The van der Waals surface area contributed by atoms with Gasteiger partial charge in [-0.05, 0) is 39.5 Å². The molecule has 0 radical (unpaired) electrons. The molecule has 1 saturated carbocycles. The molecule has 4 heteroatoms. The van der Waals surface area contributed by atoms with Crippen molar-refractivity contribution in [1.82, 2.24) is 0 Å². The van der Waals surface area contributed by atoms with E-state index in [4.69, 9.17) is 11.5 Å². The predicted molar refractivity (Wildman–Crippen MR) is 79.8 cm³/mol. The molecule has 1 aliphatic carbocycles. The third-order valence-electron chi connectivity index (χ3n) is 3.71. The maximum Gasteiger partial charge on any atom is 0.220 e. The summed E-state index contributed by atoms with van der Waals surface area (Å²) in [6, 6.07) is 8.45. The third-order valence-corrected chi connectivity index (χ3v) is 3.71. The number of hydrogen-bond donors (Lipinski definition) is 2. The van der Waals surface area contributed by atoms with Crippen molar-refractivity contribution in [3.8, 4) is 0 Å². The molecule has 1 aliphatic rings. The largest absolute Gasteiger partial charge is 0.369 e. The standard InChI is InChI=1S/C8H14N2O2.C8H10/c9-7(11)5-1-2-6(4-3-5)8(10)12;1-7-4-3-5-8(2)6-7/h5-6H,1-4H2,(H2,9,11)(H2,10,12);3-6H,1-2H3. The average Bonchev–Trinajstić information content (AvgIpc) is 2.39. The highest BCUT2D eigenvalue weighted by Gasteiger charge is 2.27. The molecule has 0 spiro atoms. The summed E-state index contributed by atoms with van der Waals surface area (Å²) in [6.45, 7) is 4.21. The van der Waals surface area contributed by atoms with Gasteiger partial charge in [-0.25, -0.2) is 0 Å². The molecule has 1 aromatic carbocycles. The Morgan fingerprint density at radius 2 is 1.25 bits per heavy atom. The Balaban J connectivity index is 0.000000217. The Kier molecular flexibility index (Phi) is 6.22. The monoisotopic (exact) mass is 276 g/mol. The molecule has 0 atom stereocenters. The zero-order valence-corrected chi connectivity index (χ0v) is 12.3. The lowest BCUT2D eigenvalue weighted by molar-refractivity contribution is -0.127. The molecular formula is C16H24N2O2. The number of benzene rings is 1. The van der Waals surface area contributed by atoms with Crippen molar-refractivity contribution in [3.05, 3.63) is 35.4 Å². The van der Waals surface area contributed by atoms with Crippen molar-refractivity contribution in [1.29, 1.82) is 0 Å². The number of hydrogen-bond acceptors (Lipinski definition) is 2. The first kappa shape index (κ1) is 16.2. The number of rotatable bonds is 2. The quantitative estimate of drug-likeness (QED) is 0.866. The Morgan fingerprint density at radius 1 is 0.900 bits per heavy atom. The fraction of sp³-hybridized carbons (Fsp3) is 0.500. The van der Waals surface area contributed by atoms with Crippen LogP contribution in [0.25, 0.3) is 0 Å². The van der Waals surface area contributed by atoms with Gasteiger partial charge in [-0.2, -0.15) is 0 Å². The molecule has 20 heavy (non-hydrogen) atoms. The Bertz CT molecular complexity index is 424. The Hall–Kier alpha value is -1.84. The molecule has 1 fully saturated rings. The molecule has 0 bridgehead atoms. The van der Waals surface area contributed by atoms with E-state index in [2.05, 4.69) is 38.1 Å². The summed E-state index contributed by atoms with van der Waals surface area (Å²) in [5.74, 6) is -0.586. The smallest absolute Gasteiger partial charge is 0.220 e. The van der Waals surface area contributed by atoms with Crippen molar-refractivity contribution in [2.75, 3.05) is 0 Å². The van der Waals surface area contributed by atoms with Gasteiger partial charge in [0.2, 0.25) is 11.8 Å². The van der Waals surface area contributed by atoms with Gasteiger partial charge in [0.15, 0.2) is 0 Å². The van der Waals surface area contributed by atoms with Crippen LogP contribution in [0.4, 0.5) is 0 Å². The summed E-state index contributed by atoms with van der Waals surface area (Å²) in [4.78, 5) is 21.5. The van der Waals surface area contributed by atoms with E-state index in [0.29, 0.717) is 25.7 Å². The van der Waals surface area contributed by atoms with E-state index in [1.54, 1.807) is 0 Å². The molecule has 2 rings (SSSR count). The molecule has 0 saturated heterocycles. The second-order valence-electron chi connectivity index (χ2n) is 5.51. The summed E-state index contributed by atoms with van der Waals surface area (Å²) < 4.78 is 0. The minimum absolute atomic E-state index is 0.0411. The zero-order valence-electron chi connectivity index (χ0n) is 12.3. The third kappa shape index (κ3) is 5.43. The number of primary amides is 2. The molecule has 4 nitrogen and oxygen atoms in total. The van der Waals surface area contributed by atoms with E-state index in [9.17, 15) is 9.59 Å². The summed E-state index contributed by atoms with van der Waals surface area (Å²) >= 11 is 0. The van der Waals surface area contributed by atoms with Crippen LogP contribution in [0.5, 0.6) is 0 Å². The average molecular weight is 276 g/mol. The first-order valence-electron chi connectivity index (χ1n) is 7.02. The zero-order chi connectivity index (χ0) is 15.1. The van der Waals surface area contributed by atoms with Crippen molar-refractivity contribution in [3.63, 3.8) is 0 Å². The van der Waals surface area contributed by atoms with Gasteiger partial charge in [-0.15, -0.1) is 0 Å². The van der Waals surface area contributed by atoms with E-state index in [1.165, 1.54) is 11.1 Å². The van der Waals surface area contributed by atoms with E-state index in [0.717, 1.165) is 0 Å². The first-order chi connectivity index (χ1) is 9.40. The molecule has 0 unspecified atom stereocenters. The second-order valence-corrected chi connectivity index (χ2v) is 5.51. The molecule has 110 valence electrons. The lowest BCUT2D eigenvalue weighted by atomic mass is 9.81. The lowest BCUT2D eigenvalue weighted by Crippen LogP contribution is -2.32. The topological polar surface area (TPSA) is 86.2 Å². The van der Waals surface area contributed by atoms with Crippen LogP contribution in [0.3, 0.4) is 0 Å². The van der Waals surface area contributed by atoms with Gasteiger partial charge >= 0.3 is 0 Å². The Morgan fingerprint density at radius 3 is 1.45 bits per heavy atom. The van der Waals surface area contributed by atoms with Gasteiger partial charge in [-0.1, -0.05) is 35.4 Å². The Labute approximate surface area is 120 Å². The van der Waals surface area contributed by atoms with Crippen molar-refractivity contribution in [2.24, 2.45) is 23.3 Å². The molecule has 0 aromatic heterocycles. The van der Waals surface area contributed by atoms with Crippen LogP contribution >= 0.6 is 0 Å². The van der Waals surface area contributed by atoms with E-state index in [-0.39, 0.29) is 23.7 Å². The maximum atomic E-state index is 10.7. The highest BCUT2D eigenvalue weighted by molar-refractivity contribution is 5.79. The van der Waals surface area contributed by atoms with Gasteiger partial charge in [0.05, 0.1) is 0 Å². The minimum Gasteiger partial charge on any atom is -0.369 e. The van der Waals surface area contributed by atoms with Gasteiger partial charge in [0.25, 0.3) is 0 Å². The molecule has 4 N–H and O–H groups in total. The summed E-state index contributed by atoms with van der Waals surface area (Å²) in [5.41, 5.74) is 12.9. The molecule has 2 amide bonds. The van der Waals surface area contributed by atoms with Crippen molar-refractivity contribution in [2.45, 2.75) is 39.5 Å². The van der Waals surface area contributed by atoms with Gasteiger partial charge < -0.3 is 11.5 Å². The first-order valence-corrected chi connectivity index (χ1v) is 7.02. The van der Waals surface area contributed by atoms with Gasteiger partial charge in [-0.3, -0.25) is 9.59 Å². The second kappa shape index (κ2) is 7.68. The van der Waals surface area contributed by atoms with Crippen molar-refractivity contribution < 1.29 is 9.59 Å². The van der Waals surface area contributed by atoms with Crippen LogP contribution in [0, 0.1) is 25.7 Å². The summed E-state index contributed by atoms with van der Waals surface area (Å²) in [7, 11) is 0. The van der Waals surface area contributed by atoms with E-state index >= 15 is 0 Å². The number of nitrogens with two attached hydrogens (primary N) is 2. The van der Waals surface area contributed by atoms with Crippen LogP contribution < -0.4 is 11.5 Å². The highest BCUT2D eigenvalue weighted by Crippen LogP contribution is 2.27. The SMILES string of the molecule is Cc1cccc(C)c1.NC(=O)C1CCC(C(N)=O)CC1. The van der Waals surface area contributed by atoms with Gasteiger partial charge in [0, 0.05) is 11.8 Å². The molecule has 0 aliphatic heterocycles. The predicted octanol–water partition coefficient (Wildman–Crippen LogP) is 2.07. The fourth-order valence-electron chi connectivity index (χ4n) is 2.47. The van der Waals surface area contributed by atoms with Crippen LogP contribution in [-0.4, -0.2) is 11.8 Å². The van der Waals surface area contributed by atoms with Crippen LogP contribution in [0.1, 0.15) is 36.8 Å². The number of carbonyl (C=O) groups excluding carboxylic acids is 2. The maximum absolute atomic E-state index is 10.7. The van der Waals surface area contributed by atoms with Crippen LogP contribution in [0.15, 0.2) is 24.3 Å². The van der Waals surface area contributed by atoms with E-state index < -0.39 is 0 Å². The number of amides is 2. The normalized spacial score (nSPS) is 21.5. The highest BCUT2D eigenvalue weighted by atomic mass is 16.1. The number of aryl methyl sites for hydroxylation is 2. The molecule has 0 heterocycles. The summed E-state index contributed by atoms with van der Waals surface area (Å²) in [6.07, 6.45) is 2.84. The number of carbonyl (C=O) groups is 2. The molecular weight excluding hydrogens is 252 g/mol. The van der Waals surface area contributed by atoms with Crippen LogP contribution in [0.2, 0.25) is 0 Å². The van der Waals surface area contributed by atoms with E-state index in [1.807, 2.05) is 0 Å². The van der Waals surface area contributed by atoms with Gasteiger partial charge in [0.1, 0.15) is 0 Å². The molecule has 1 aromatic rings. The van der Waals surface area contributed by atoms with Crippen molar-refractivity contribution >= 4 is 11.8 Å². The minimum atomic E-state index is -0.252. The summed E-state index contributed by atoms with van der Waals surface area (Å²) in [5, 5.41) is 0. The van der Waals surface area contributed by atoms with Crippen LogP contribution in [-0.2, 0) is 9.59 Å². The lowest BCUT2D eigenvalue weighted by Gasteiger charge is -2.23. The fourth-order valence-corrected chi connectivity index (χ4v) is 2.47.